The predicted octanol–water partition coefficient (Wildman–Crippen LogP) is 15.9. The molecule has 0 spiro atoms. The van der Waals surface area contributed by atoms with E-state index in [4.69, 9.17) is 39.9 Å². The molecule has 10 heterocycles. The molecule has 0 N–H and O–H groups in total. The van der Waals surface area contributed by atoms with Crippen LogP contribution in [-0.2, 0) is 0 Å². The molecule has 0 fully saturated rings. The summed E-state index contributed by atoms with van der Waals surface area (Å²) in [4.78, 5) is 42.8. The zero-order chi connectivity index (χ0) is 53.8. The van der Waals surface area contributed by atoms with Crippen molar-refractivity contribution in [1.29, 1.82) is 0 Å². The van der Waals surface area contributed by atoms with Gasteiger partial charge >= 0.3 is 0 Å². The molecule has 17 aromatic rings. The first-order valence-electron chi connectivity index (χ1n) is 27.2. The van der Waals surface area contributed by atoms with E-state index in [-0.39, 0.29) is 0 Å². The number of rotatable bonds is 8. The fourth-order valence-corrected chi connectivity index (χ4v) is 12.6. The van der Waals surface area contributed by atoms with Gasteiger partial charge in [0.05, 0.1) is 94.5 Å². The summed E-state index contributed by atoms with van der Waals surface area (Å²) < 4.78 is 9.60. The summed E-state index contributed by atoms with van der Waals surface area (Å²) in [6.07, 6.45) is 11.3. The van der Waals surface area contributed by atoms with Crippen molar-refractivity contribution in [2.45, 2.75) is 0 Å². The highest BCUT2D eigenvalue weighted by molar-refractivity contribution is 6.17. The molecule has 0 amide bonds. The van der Waals surface area contributed by atoms with Gasteiger partial charge in [-0.15, -0.1) is 0 Å². The highest BCUT2D eigenvalue weighted by atomic mass is 15.2. The maximum Gasteiger partial charge on any atom is 0.168 e. The van der Waals surface area contributed by atoms with Crippen molar-refractivity contribution < 1.29 is 0 Å². The number of benzene rings is 7. The van der Waals surface area contributed by atoms with E-state index in [0.717, 1.165) is 133 Å². The number of hydrogen-bond acceptors (Lipinski definition) is 8. The van der Waals surface area contributed by atoms with E-state index in [2.05, 4.69) is 170 Å². The molecule has 12 heteroatoms. The zero-order valence-electron chi connectivity index (χ0n) is 43.6. The normalized spacial score (nSPS) is 11.9. The monoisotopic (exact) mass is 1050 g/mol. The zero-order valence-corrected chi connectivity index (χ0v) is 43.6. The van der Waals surface area contributed by atoms with Gasteiger partial charge in [-0.25, -0.2) is 15.0 Å². The van der Waals surface area contributed by atoms with Crippen LogP contribution in [0.2, 0.25) is 0 Å². The Kier molecular flexibility index (Phi) is 10.0. The highest BCUT2D eigenvalue weighted by Gasteiger charge is 2.37. The van der Waals surface area contributed by atoms with Gasteiger partial charge in [0.1, 0.15) is 0 Å². The lowest BCUT2D eigenvalue weighted by Gasteiger charge is -2.30. The molecule has 17 rings (SSSR count). The maximum atomic E-state index is 5.80. The Morgan fingerprint density at radius 2 is 0.549 bits per heavy atom. The van der Waals surface area contributed by atoms with Crippen LogP contribution in [0.25, 0.3) is 156 Å². The Hall–Kier alpha value is -11.5. The van der Waals surface area contributed by atoms with Crippen LogP contribution in [0.15, 0.2) is 256 Å². The Bertz CT molecular complexity index is 5140. The van der Waals surface area contributed by atoms with E-state index < -0.39 is 0 Å². The van der Waals surface area contributed by atoms with Crippen molar-refractivity contribution in [2.75, 3.05) is 0 Å². The van der Waals surface area contributed by atoms with Gasteiger partial charge in [-0.05, 0) is 78.9 Å². The molecule has 0 bridgehead atoms. The molecule has 12 nitrogen and oxygen atoms in total. The fraction of sp³-hybridized carbons (Fsp3) is 0. The second-order valence-corrected chi connectivity index (χ2v) is 20.3. The van der Waals surface area contributed by atoms with E-state index >= 15 is 0 Å². The lowest BCUT2D eigenvalue weighted by molar-refractivity contribution is 1.02. The van der Waals surface area contributed by atoms with Crippen molar-refractivity contribution in [3.05, 3.63) is 256 Å². The Morgan fingerprint density at radius 1 is 0.232 bits per heavy atom. The Morgan fingerprint density at radius 3 is 0.951 bits per heavy atom. The summed E-state index contributed by atoms with van der Waals surface area (Å²) in [7, 11) is 0. The average molecular weight is 1050 g/mol. The van der Waals surface area contributed by atoms with E-state index in [0.29, 0.717) is 23.0 Å². The molecule has 7 aromatic carbocycles. The van der Waals surface area contributed by atoms with Crippen LogP contribution in [0.3, 0.4) is 0 Å². The molecule has 0 saturated heterocycles. The highest BCUT2D eigenvalue weighted by Crippen LogP contribution is 2.54. The molecule has 382 valence electrons. The first-order chi connectivity index (χ1) is 40.8. The topological polar surface area (TPSA) is 123 Å². The van der Waals surface area contributed by atoms with E-state index in [1.54, 1.807) is 0 Å². The van der Waals surface area contributed by atoms with Crippen LogP contribution in [0.1, 0.15) is 0 Å². The minimum absolute atomic E-state index is 0.433. The Balaban J connectivity index is 1.26. The van der Waals surface area contributed by atoms with Crippen LogP contribution in [0, 0.1) is 0 Å². The summed E-state index contributed by atoms with van der Waals surface area (Å²) in [6.45, 7) is 0. The molecular formula is C70H42N12. The number of para-hydroxylation sites is 4. The van der Waals surface area contributed by atoms with E-state index in [1.165, 1.54) is 0 Å². The molecule has 0 aliphatic heterocycles. The van der Waals surface area contributed by atoms with Crippen LogP contribution in [0.5, 0.6) is 0 Å². The van der Waals surface area contributed by atoms with Crippen LogP contribution >= 0.6 is 0 Å². The summed E-state index contributed by atoms with van der Waals surface area (Å²) in [5.74, 6) is 1.46. The minimum atomic E-state index is 0.433. The van der Waals surface area contributed by atoms with Gasteiger partial charge in [-0.2, -0.15) is 0 Å². The summed E-state index contributed by atoms with van der Waals surface area (Å²) >= 11 is 0. The van der Waals surface area contributed by atoms with Gasteiger partial charge in [-0.1, -0.05) is 140 Å². The van der Waals surface area contributed by atoms with Gasteiger partial charge < -0.3 is 18.3 Å². The number of hydrogen-bond donors (Lipinski definition) is 0. The average Bonchev–Trinajstić information content (AvgIpc) is 2.09. The first-order valence-corrected chi connectivity index (χ1v) is 27.2. The van der Waals surface area contributed by atoms with Crippen molar-refractivity contribution >= 4 is 87.7 Å². The summed E-state index contributed by atoms with van der Waals surface area (Å²) in [5.41, 5.74) is 18.0. The number of fused-ring (bicyclic) bond motifs is 12. The molecule has 82 heavy (non-hydrogen) atoms. The van der Waals surface area contributed by atoms with Gasteiger partial charge in [0.2, 0.25) is 0 Å². The van der Waals surface area contributed by atoms with Crippen molar-refractivity contribution in [1.82, 2.24) is 58.1 Å². The van der Waals surface area contributed by atoms with E-state index in [1.807, 2.05) is 104 Å². The number of aromatic nitrogens is 12. The summed E-state index contributed by atoms with van der Waals surface area (Å²) in [6, 6.07) is 75.6. The molecular weight excluding hydrogens is 1010 g/mol. The Labute approximate surface area is 467 Å². The summed E-state index contributed by atoms with van der Waals surface area (Å²) in [5, 5.41) is 3.94. The first kappa shape index (κ1) is 45.5. The predicted molar refractivity (Wildman–Crippen MR) is 328 cm³/mol. The van der Waals surface area contributed by atoms with Crippen molar-refractivity contribution in [2.24, 2.45) is 0 Å². The van der Waals surface area contributed by atoms with Crippen LogP contribution in [-0.4, -0.2) is 58.1 Å². The lowest BCUT2D eigenvalue weighted by atomic mass is 9.93. The van der Waals surface area contributed by atoms with Gasteiger partial charge in [0, 0.05) is 81.0 Å². The maximum absolute atomic E-state index is 5.80. The van der Waals surface area contributed by atoms with Crippen molar-refractivity contribution in [3.63, 3.8) is 0 Å². The molecule has 0 unspecified atom stereocenters. The third-order valence-corrected chi connectivity index (χ3v) is 15.9. The molecule has 0 atom stereocenters. The third kappa shape index (κ3) is 6.66. The van der Waals surface area contributed by atoms with Crippen LogP contribution < -0.4 is 0 Å². The third-order valence-electron chi connectivity index (χ3n) is 15.9. The largest absolute Gasteiger partial charge is 0.306 e. The molecule has 0 saturated carbocycles. The number of pyridine rings is 5. The quantitative estimate of drug-likeness (QED) is 0.147. The standard InChI is InChI=1S/C70H42N12/c1-3-20-43(21-4-1)68-76-69(44-22-5-2-6-23-44)78-70(77-68)59-64(79-50-29-11-7-25-46(50)60-54(79)33-16-38-72-60)58(45-24-15-37-71-42-45)65(80-51-30-12-8-26-47(51)61-55(80)34-17-39-73-61)67(82-53-32-14-10-28-49(53)63-57(82)36-19-41-75-63)66(59)81-52-31-13-9-27-48(52)62-56(81)35-18-40-74-62/h1-42H. The van der Waals surface area contributed by atoms with E-state index in [9.17, 15) is 0 Å². The second-order valence-electron chi connectivity index (χ2n) is 20.3. The van der Waals surface area contributed by atoms with Crippen molar-refractivity contribution in [3.8, 4) is 68.0 Å². The SMILES string of the molecule is c1ccc(-c2nc(-c3ccccc3)nc(-c3c(-n4c5ccccc5c5ncccc54)c(-c4cccnc4)c(-n4c5ccccc5c5ncccc54)c(-n4c5ccccc5c5ncccc54)c3-n3c4ccccc4c4ncccc43)n2)cc1. The minimum Gasteiger partial charge on any atom is -0.306 e. The van der Waals surface area contributed by atoms with Gasteiger partial charge in [-0.3, -0.25) is 24.9 Å². The smallest absolute Gasteiger partial charge is 0.168 e. The number of nitrogens with zero attached hydrogens (tertiary/aromatic N) is 12. The molecule has 0 aliphatic carbocycles. The van der Waals surface area contributed by atoms with Gasteiger partial charge in [0.15, 0.2) is 17.5 Å². The molecule has 10 aromatic heterocycles. The molecule has 0 radical (unpaired) electrons. The molecule has 0 aliphatic rings. The fourth-order valence-electron chi connectivity index (χ4n) is 12.6. The lowest BCUT2D eigenvalue weighted by Crippen LogP contribution is -2.17. The van der Waals surface area contributed by atoms with Crippen LogP contribution in [0.4, 0.5) is 0 Å². The van der Waals surface area contributed by atoms with Gasteiger partial charge in [0.25, 0.3) is 0 Å². The second kappa shape index (κ2) is 18.0.